The Bertz CT molecular complexity index is 1370. The highest BCUT2D eigenvalue weighted by Crippen LogP contribution is 2.30. The van der Waals surface area contributed by atoms with Crippen molar-refractivity contribution in [2.24, 2.45) is 0 Å². The van der Waals surface area contributed by atoms with Crippen LogP contribution in [0.4, 0.5) is 10.5 Å². The average Bonchev–Trinajstić information content (AvgIpc) is 3.29. The number of nitrogens with one attached hydrogen (secondary N) is 2. The molecule has 0 aliphatic carbocycles. The first-order valence-electron chi connectivity index (χ1n) is 10.9. The number of nitrogens with zero attached hydrogens (tertiary/aromatic N) is 4. The van der Waals surface area contributed by atoms with Gasteiger partial charge in [-0.3, -0.25) is 4.57 Å². The van der Waals surface area contributed by atoms with Gasteiger partial charge in [-0.1, -0.05) is 59.8 Å². The van der Waals surface area contributed by atoms with Gasteiger partial charge in [0.2, 0.25) is 0 Å². The smallest absolute Gasteiger partial charge is 0.319 e. The fourth-order valence-electron chi connectivity index (χ4n) is 3.48. The van der Waals surface area contributed by atoms with Gasteiger partial charge < -0.3 is 10.6 Å². The van der Waals surface area contributed by atoms with Crippen LogP contribution in [0.1, 0.15) is 35.5 Å². The number of nitriles is 1. The standard InChI is InChI=1S/C26H23ClN6OS/c1-17-8-11-21(27)14-23(17)33-24(31-32-26(33)35-16-20-6-4-3-5-7-20)18(2)29-25(34)30-22-12-9-19(15-28)10-13-22/h3-14,18H,16H2,1-2H3,(H2,29,30,34). The molecule has 0 aliphatic heterocycles. The van der Waals surface area contributed by atoms with Gasteiger partial charge in [-0.05, 0) is 61.4 Å². The van der Waals surface area contributed by atoms with Crippen molar-refractivity contribution >= 4 is 35.1 Å². The molecule has 0 bridgehead atoms. The normalized spacial score (nSPS) is 11.5. The van der Waals surface area contributed by atoms with E-state index in [0.717, 1.165) is 17.0 Å². The molecule has 0 fully saturated rings. The molecule has 2 N–H and O–H groups in total. The van der Waals surface area contributed by atoms with Crippen LogP contribution >= 0.6 is 23.4 Å². The zero-order valence-electron chi connectivity index (χ0n) is 19.2. The highest BCUT2D eigenvalue weighted by atomic mass is 35.5. The lowest BCUT2D eigenvalue weighted by Gasteiger charge is -2.18. The molecule has 35 heavy (non-hydrogen) atoms. The summed E-state index contributed by atoms with van der Waals surface area (Å²) in [6.07, 6.45) is 0. The number of halogens is 1. The van der Waals surface area contributed by atoms with E-state index in [0.29, 0.717) is 27.3 Å². The van der Waals surface area contributed by atoms with Crippen LogP contribution < -0.4 is 10.6 Å². The van der Waals surface area contributed by atoms with Crippen LogP contribution in [0.25, 0.3) is 5.69 Å². The molecule has 0 radical (unpaired) electrons. The second-order valence-corrected chi connectivity index (χ2v) is 9.27. The van der Waals surface area contributed by atoms with Crippen molar-refractivity contribution in [3.05, 3.63) is 100 Å². The van der Waals surface area contributed by atoms with E-state index < -0.39 is 12.1 Å². The van der Waals surface area contributed by atoms with Crippen LogP contribution in [0.15, 0.2) is 78.0 Å². The van der Waals surface area contributed by atoms with E-state index in [1.165, 1.54) is 5.56 Å². The maximum atomic E-state index is 12.7. The molecule has 4 aromatic rings. The number of carbonyl (C=O) groups is 1. The first-order chi connectivity index (χ1) is 16.9. The molecule has 0 saturated heterocycles. The molecule has 3 aromatic carbocycles. The third kappa shape index (κ3) is 6.01. The zero-order chi connectivity index (χ0) is 24.8. The Hall–Kier alpha value is -3.80. The van der Waals surface area contributed by atoms with Crippen molar-refractivity contribution in [3.63, 3.8) is 0 Å². The zero-order valence-corrected chi connectivity index (χ0v) is 20.8. The third-order valence-electron chi connectivity index (χ3n) is 5.29. The van der Waals surface area contributed by atoms with Gasteiger partial charge in [-0.25, -0.2) is 4.79 Å². The molecule has 176 valence electrons. The van der Waals surface area contributed by atoms with Crippen molar-refractivity contribution in [3.8, 4) is 11.8 Å². The number of hydrogen-bond donors (Lipinski definition) is 2. The van der Waals surface area contributed by atoms with Crippen LogP contribution in [-0.2, 0) is 5.75 Å². The number of aromatic nitrogens is 3. The molecule has 0 saturated carbocycles. The lowest BCUT2D eigenvalue weighted by molar-refractivity contribution is 0.249. The molecule has 1 atom stereocenters. The van der Waals surface area contributed by atoms with Crippen LogP contribution in [0, 0.1) is 18.3 Å². The number of anilines is 1. The van der Waals surface area contributed by atoms with Gasteiger partial charge in [0.15, 0.2) is 11.0 Å². The SMILES string of the molecule is Cc1ccc(Cl)cc1-n1c(SCc2ccccc2)nnc1C(C)NC(=O)Nc1ccc(C#N)cc1. The van der Waals surface area contributed by atoms with Crippen molar-refractivity contribution < 1.29 is 4.79 Å². The monoisotopic (exact) mass is 502 g/mol. The highest BCUT2D eigenvalue weighted by molar-refractivity contribution is 7.98. The van der Waals surface area contributed by atoms with E-state index in [9.17, 15) is 4.79 Å². The minimum atomic E-state index is -0.453. The number of aryl methyl sites for hydroxylation is 1. The molecular weight excluding hydrogens is 480 g/mol. The third-order valence-corrected chi connectivity index (χ3v) is 6.52. The van der Waals surface area contributed by atoms with Gasteiger partial charge in [0.05, 0.1) is 23.4 Å². The molecule has 1 heterocycles. The van der Waals surface area contributed by atoms with Crippen LogP contribution in [-0.4, -0.2) is 20.8 Å². The van der Waals surface area contributed by atoms with Crippen LogP contribution in [0.2, 0.25) is 5.02 Å². The number of amides is 2. The van der Waals surface area contributed by atoms with Gasteiger partial charge >= 0.3 is 6.03 Å². The molecule has 7 nitrogen and oxygen atoms in total. The van der Waals surface area contributed by atoms with Crippen molar-refractivity contribution in [2.45, 2.75) is 30.8 Å². The van der Waals surface area contributed by atoms with E-state index in [4.69, 9.17) is 16.9 Å². The van der Waals surface area contributed by atoms with Gasteiger partial charge in [-0.2, -0.15) is 5.26 Å². The maximum absolute atomic E-state index is 12.7. The Morgan fingerprint density at radius 3 is 2.57 bits per heavy atom. The van der Waals surface area contributed by atoms with Gasteiger partial charge in [-0.15, -0.1) is 10.2 Å². The highest BCUT2D eigenvalue weighted by Gasteiger charge is 2.22. The lowest BCUT2D eigenvalue weighted by atomic mass is 10.2. The summed E-state index contributed by atoms with van der Waals surface area (Å²) in [6, 6.07) is 23.7. The van der Waals surface area contributed by atoms with E-state index in [1.807, 2.05) is 54.8 Å². The Kier molecular flexibility index (Phi) is 7.70. The number of benzene rings is 3. The number of carbonyl (C=O) groups excluding carboxylic acids is 1. The topological polar surface area (TPSA) is 95.6 Å². The number of hydrogen-bond acceptors (Lipinski definition) is 5. The summed E-state index contributed by atoms with van der Waals surface area (Å²) in [4.78, 5) is 12.7. The molecule has 1 aromatic heterocycles. The second kappa shape index (κ2) is 11.1. The average molecular weight is 503 g/mol. The predicted molar refractivity (Wildman–Crippen MR) is 139 cm³/mol. The minimum Gasteiger partial charge on any atom is -0.328 e. The molecular formula is C26H23ClN6OS. The second-order valence-electron chi connectivity index (χ2n) is 7.89. The first kappa shape index (κ1) is 24.3. The minimum absolute atomic E-state index is 0.391. The Morgan fingerprint density at radius 2 is 1.86 bits per heavy atom. The number of thioether (sulfide) groups is 1. The number of urea groups is 1. The van der Waals surface area contributed by atoms with Crippen LogP contribution in [0.5, 0.6) is 0 Å². The van der Waals surface area contributed by atoms with E-state index in [1.54, 1.807) is 36.0 Å². The molecule has 0 spiro atoms. The molecule has 1 unspecified atom stereocenters. The molecule has 0 aliphatic rings. The summed E-state index contributed by atoms with van der Waals surface area (Å²) >= 11 is 7.89. The fraction of sp³-hybridized carbons (Fsp3) is 0.154. The largest absolute Gasteiger partial charge is 0.328 e. The number of rotatable bonds is 7. The molecule has 2 amide bonds. The summed E-state index contributed by atoms with van der Waals surface area (Å²) in [5, 5.41) is 24.8. The van der Waals surface area contributed by atoms with Gasteiger partial charge in [0.25, 0.3) is 0 Å². The van der Waals surface area contributed by atoms with Crippen LogP contribution in [0.3, 0.4) is 0 Å². The van der Waals surface area contributed by atoms with E-state index in [-0.39, 0.29) is 0 Å². The van der Waals surface area contributed by atoms with Crippen molar-refractivity contribution in [1.82, 2.24) is 20.1 Å². The predicted octanol–water partition coefficient (Wildman–Crippen LogP) is 6.28. The quantitative estimate of drug-likeness (QED) is 0.290. The lowest BCUT2D eigenvalue weighted by Crippen LogP contribution is -2.32. The van der Waals surface area contributed by atoms with Crippen molar-refractivity contribution in [2.75, 3.05) is 5.32 Å². The molecule has 4 rings (SSSR count). The first-order valence-corrected chi connectivity index (χ1v) is 12.3. The maximum Gasteiger partial charge on any atom is 0.319 e. The summed E-state index contributed by atoms with van der Waals surface area (Å²) in [5.41, 5.74) is 4.14. The summed E-state index contributed by atoms with van der Waals surface area (Å²) in [5.74, 6) is 1.31. The van der Waals surface area contributed by atoms with Gasteiger partial charge in [0, 0.05) is 16.5 Å². The van der Waals surface area contributed by atoms with Gasteiger partial charge in [0.1, 0.15) is 0 Å². The fourth-order valence-corrected chi connectivity index (χ4v) is 4.56. The van der Waals surface area contributed by atoms with E-state index >= 15 is 0 Å². The Balaban J connectivity index is 1.59. The Morgan fingerprint density at radius 1 is 1.11 bits per heavy atom. The van der Waals surface area contributed by atoms with E-state index in [2.05, 4.69) is 39.0 Å². The Labute approximate surface area is 213 Å². The van der Waals surface area contributed by atoms with Crippen molar-refractivity contribution in [1.29, 1.82) is 5.26 Å². The summed E-state index contributed by atoms with van der Waals surface area (Å²) < 4.78 is 1.95. The molecule has 9 heteroatoms. The summed E-state index contributed by atoms with van der Waals surface area (Å²) in [6.45, 7) is 3.85. The summed E-state index contributed by atoms with van der Waals surface area (Å²) in [7, 11) is 0.